The van der Waals surface area contributed by atoms with E-state index in [9.17, 15) is 13.2 Å². The van der Waals surface area contributed by atoms with Crippen molar-refractivity contribution in [2.45, 2.75) is 37.6 Å². The lowest BCUT2D eigenvalue weighted by Gasteiger charge is -2.36. The third-order valence-corrected chi connectivity index (χ3v) is 7.47. The van der Waals surface area contributed by atoms with Gasteiger partial charge in [0.15, 0.2) is 0 Å². The fraction of sp³-hybridized carbons (Fsp3) is 0.458. The summed E-state index contributed by atoms with van der Waals surface area (Å²) >= 11 is 0. The van der Waals surface area contributed by atoms with Gasteiger partial charge in [-0.3, -0.25) is 9.69 Å². The standard InChI is InChI=1S/C24H33N3O5S/c1-17-7-10-21(11-8-17)33(29,30)25-15-19-6-5-13-27(16-19)18(2)24(28)26-22-14-20(31-3)9-12-23(22)32-4/h7-12,14,18-19,25H,5-6,13,15-16H2,1-4H3,(H,26,28). The van der Waals surface area contributed by atoms with Crippen LogP contribution in [0.1, 0.15) is 25.3 Å². The van der Waals surface area contributed by atoms with Crippen LogP contribution in [0.15, 0.2) is 47.4 Å². The predicted octanol–water partition coefficient (Wildman–Crippen LogP) is 3.03. The molecule has 1 aliphatic rings. The number of benzene rings is 2. The first kappa shape index (κ1) is 25.0. The molecule has 0 aromatic heterocycles. The lowest BCUT2D eigenvalue weighted by molar-refractivity contribution is -0.121. The summed E-state index contributed by atoms with van der Waals surface area (Å²) in [6.07, 6.45) is 1.81. The van der Waals surface area contributed by atoms with E-state index in [0.29, 0.717) is 30.3 Å². The summed E-state index contributed by atoms with van der Waals surface area (Å²) in [6, 6.07) is 11.7. The summed E-state index contributed by atoms with van der Waals surface area (Å²) in [5.41, 5.74) is 1.56. The van der Waals surface area contributed by atoms with Gasteiger partial charge in [-0.1, -0.05) is 17.7 Å². The second-order valence-electron chi connectivity index (χ2n) is 8.40. The highest BCUT2D eigenvalue weighted by Crippen LogP contribution is 2.29. The molecule has 33 heavy (non-hydrogen) atoms. The Balaban J connectivity index is 1.59. The van der Waals surface area contributed by atoms with Crippen LogP contribution in [0.4, 0.5) is 5.69 Å². The maximum Gasteiger partial charge on any atom is 0.241 e. The van der Waals surface area contributed by atoms with Crippen LogP contribution >= 0.6 is 0 Å². The number of aryl methyl sites for hydroxylation is 1. The average Bonchev–Trinajstić information content (AvgIpc) is 2.82. The summed E-state index contributed by atoms with van der Waals surface area (Å²) in [7, 11) is -0.443. The van der Waals surface area contributed by atoms with Crippen LogP contribution in [0.3, 0.4) is 0 Å². The number of anilines is 1. The predicted molar refractivity (Wildman–Crippen MR) is 128 cm³/mol. The van der Waals surface area contributed by atoms with E-state index in [1.807, 2.05) is 13.8 Å². The molecule has 0 aliphatic carbocycles. The van der Waals surface area contributed by atoms with E-state index in [1.165, 1.54) is 0 Å². The highest BCUT2D eigenvalue weighted by molar-refractivity contribution is 7.89. The first-order valence-corrected chi connectivity index (χ1v) is 12.5. The zero-order chi connectivity index (χ0) is 24.0. The van der Waals surface area contributed by atoms with Crippen molar-refractivity contribution in [3.05, 3.63) is 48.0 Å². The van der Waals surface area contributed by atoms with E-state index >= 15 is 0 Å². The minimum absolute atomic E-state index is 0.126. The van der Waals surface area contributed by atoms with Gasteiger partial charge in [-0.05, 0) is 63.4 Å². The molecule has 1 heterocycles. The smallest absolute Gasteiger partial charge is 0.241 e. The quantitative estimate of drug-likeness (QED) is 0.579. The third kappa shape index (κ3) is 6.46. The first-order chi connectivity index (χ1) is 15.7. The molecule has 1 fully saturated rings. The Morgan fingerprint density at radius 1 is 1.15 bits per heavy atom. The SMILES string of the molecule is COc1ccc(OC)c(NC(=O)C(C)N2CCCC(CNS(=O)(=O)c3ccc(C)cc3)C2)c1. The fourth-order valence-corrected chi connectivity index (χ4v) is 5.07. The van der Waals surface area contributed by atoms with Crippen molar-refractivity contribution in [2.24, 2.45) is 5.92 Å². The van der Waals surface area contributed by atoms with Crippen molar-refractivity contribution in [3.63, 3.8) is 0 Å². The van der Waals surface area contributed by atoms with E-state index in [0.717, 1.165) is 24.9 Å². The number of hydrogen-bond donors (Lipinski definition) is 2. The molecule has 0 bridgehead atoms. The first-order valence-electron chi connectivity index (χ1n) is 11.1. The Labute approximate surface area is 196 Å². The Morgan fingerprint density at radius 3 is 2.55 bits per heavy atom. The molecule has 0 radical (unpaired) electrons. The van der Waals surface area contributed by atoms with Crippen LogP contribution in [-0.2, 0) is 14.8 Å². The molecule has 3 rings (SSSR count). The van der Waals surface area contributed by atoms with E-state index in [-0.39, 0.29) is 22.8 Å². The van der Waals surface area contributed by atoms with Gasteiger partial charge in [-0.25, -0.2) is 13.1 Å². The molecule has 2 aromatic rings. The number of nitrogens with zero attached hydrogens (tertiary/aromatic N) is 1. The Morgan fingerprint density at radius 2 is 1.88 bits per heavy atom. The maximum atomic E-state index is 13.0. The molecule has 9 heteroatoms. The summed E-state index contributed by atoms with van der Waals surface area (Å²) < 4.78 is 38.6. The van der Waals surface area contributed by atoms with Gasteiger partial charge in [0.1, 0.15) is 11.5 Å². The molecule has 0 spiro atoms. The zero-order valence-corrected chi connectivity index (χ0v) is 20.4. The molecule has 2 aromatic carbocycles. The van der Waals surface area contributed by atoms with Crippen LogP contribution in [0.5, 0.6) is 11.5 Å². The van der Waals surface area contributed by atoms with Gasteiger partial charge in [0.2, 0.25) is 15.9 Å². The van der Waals surface area contributed by atoms with Gasteiger partial charge < -0.3 is 14.8 Å². The van der Waals surface area contributed by atoms with Gasteiger partial charge in [0.25, 0.3) is 0 Å². The number of methoxy groups -OCH3 is 2. The van der Waals surface area contributed by atoms with Crippen molar-refractivity contribution in [1.29, 1.82) is 0 Å². The van der Waals surface area contributed by atoms with Crippen molar-refractivity contribution >= 4 is 21.6 Å². The van der Waals surface area contributed by atoms with Crippen molar-refractivity contribution < 1.29 is 22.7 Å². The molecular formula is C24H33N3O5S. The van der Waals surface area contributed by atoms with Crippen LogP contribution in [0.2, 0.25) is 0 Å². The van der Waals surface area contributed by atoms with E-state index in [1.54, 1.807) is 56.7 Å². The number of rotatable bonds is 9. The number of amides is 1. The second-order valence-corrected chi connectivity index (χ2v) is 10.2. The molecular weight excluding hydrogens is 442 g/mol. The molecule has 1 aliphatic heterocycles. The molecule has 0 saturated carbocycles. The van der Waals surface area contributed by atoms with E-state index in [4.69, 9.17) is 9.47 Å². The van der Waals surface area contributed by atoms with Crippen molar-refractivity contribution in [3.8, 4) is 11.5 Å². The van der Waals surface area contributed by atoms with Gasteiger partial charge in [0, 0.05) is 19.2 Å². The summed E-state index contributed by atoms with van der Waals surface area (Å²) in [5.74, 6) is 1.15. The van der Waals surface area contributed by atoms with Crippen LogP contribution in [0.25, 0.3) is 0 Å². The lowest BCUT2D eigenvalue weighted by atomic mass is 9.97. The van der Waals surface area contributed by atoms with Crippen molar-refractivity contribution in [2.75, 3.05) is 39.2 Å². The normalized spacial score (nSPS) is 17.9. The topological polar surface area (TPSA) is 97.0 Å². The number of carbonyl (C=O) groups is 1. The highest BCUT2D eigenvalue weighted by atomic mass is 32.2. The third-order valence-electron chi connectivity index (χ3n) is 6.04. The van der Waals surface area contributed by atoms with Gasteiger partial charge in [0.05, 0.1) is 30.8 Å². The fourth-order valence-electron chi connectivity index (χ4n) is 3.96. The van der Waals surface area contributed by atoms with Crippen LogP contribution < -0.4 is 19.5 Å². The number of sulfonamides is 1. The van der Waals surface area contributed by atoms with Crippen molar-refractivity contribution in [1.82, 2.24) is 9.62 Å². The number of likely N-dealkylation sites (tertiary alicyclic amines) is 1. The van der Waals surface area contributed by atoms with Crippen LogP contribution in [0, 0.1) is 12.8 Å². The number of ether oxygens (including phenoxy) is 2. The summed E-state index contributed by atoms with van der Waals surface area (Å²) in [5, 5.41) is 2.93. The lowest BCUT2D eigenvalue weighted by Crippen LogP contribution is -2.49. The molecule has 2 atom stereocenters. The summed E-state index contributed by atoms with van der Waals surface area (Å²) in [6.45, 7) is 5.54. The molecule has 2 unspecified atom stereocenters. The molecule has 8 nitrogen and oxygen atoms in total. The maximum absolute atomic E-state index is 13.0. The second kappa shape index (κ2) is 11.0. The zero-order valence-electron chi connectivity index (χ0n) is 19.6. The number of nitrogens with one attached hydrogen (secondary N) is 2. The Kier molecular flexibility index (Phi) is 8.34. The van der Waals surface area contributed by atoms with Gasteiger partial charge in [-0.15, -0.1) is 0 Å². The number of piperidine rings is 1. The Hall–Kier alpha value is -2.62. The molecule has 1 saturated heterocycles. The molecule has 2 N–H and O–H groups in total. The minimum atomic E-state index is -3.56. The number of hydrogen-bond acceptors (Lipinski definition) is 6. The summed E-state index contributed by atoms with van der Waals surface area (Å²) in [4.78, 5) is 15.3. The van der Waals surface area contributed by atoms with Gasteiger partial charge in [-0.2, -0.15) is 0 Å². The number of carbonyl (C=O) groups excluding carboxylic acids is 1. The molecule has 1 amide bonds. The van der Waals surface area contributed by atoms with Gasteiger partial charge >= 0.3 is 0 Å². The van der Waals surface area contributed by atoms with Crippen LogP contribution in [-0.4, -0.2) is 59.1 Å². The van der Waals surface area contributed by atoms with E-state index < -0.39 is 10.0 Å². The largest absolute Gasteiger partial charge is 0.497 e. The average molecular weight is 476 g/mol. The molecule has 180 valence electrons. The Bertz CT molecular complexity index is 1060. The minimum Gasteiger partial charge on any atom is -0.497 e. The van der Waals surface area contributed by atoms with E-state index in [2.05, 4.69) is 14.9 Å². The highest BCUT2D eigenvalue weighted by Gasteiger charge is 2.29. The monoisotopic (exact) mass is 475 g/mol.